The van der Waals surface area contributed by atoms with Gasteiger partial charge in [-0.3, -0.25) is 0 Å². The molecule has 4 heteroatoms. The van der Waals surface area contributed by atoms with Crippen LogP contribution in [-0.4, -0.2) is 23.5 Å². The van der Waals surface area contributed by atoms with E-state index >= 15 is 0 Å². The van der Waals surface area contributed by atoms with Gasteiger partial charge in [0.1, 0.15) is 12.1 Å². The number of oxazole rings is 1. The van der Waals surface area contributed by atoms with Crippen LogP contribution in [0.2, 0.25) is 0 Å². The molecule has 0 radical (unpaired) electrons. The van der Waals surface area contributed by atoms with Gasteiger partial charge in [-0.05, 0) is 32.1 Å². The zero-order valence-electron chi connectivity index (χ0n) is 10.7. The fourth-order valence-electron chi connectivity index (χ4n) is 1.93. The number of halogens is 1. The lowest BCUT2D eigenvalue weighted by molar-refractivity contribution is 0.322. The standard InChI is InChI=1S/C14H17FN2O/c1-3-7-17(2)10-12-5-4-11(9-13(12)15)14-16-6-8-18-14/h4-6,8-9H,3,7,10H2,1-2H3. The predicted octanol–water partition coefficient (Wildman–Crippen LogP) is 3.32. The summed E-state index contributed by atoms with van der Waals surface area (Å²) in [4.78, 5) is 6.10. The van der Waals surface area contributed by atoms with Crippen molar-refractivity contribution in [3.63, 3.8) is 0 Å². The Bertz CT molecular complexity index is 497. The average molecular weight is 248 g/mol. The minimum absolute atomic E-state index is 0.214. The molecule has 0 fully saturated rings. The molecule has 1 aromatic heterocycles. The van der Waals surface area contributed by atoms with E-state index in [1.54, 1.807) is 12.3 Å². The van der Waals surface area contributed by atoms with Crippen molar-refractivity contribution in [2.24, 2.45) is 0 Å². The molecule has 0 unspecified atom stereocenters. The highest BCUT2D eigenvalue weighted by molar-refractivity contribution is 5.53. The molecule has 0 N–H and O–H groups in total. The molecule has 18 heavy (non-hydrogen) atoms. The Balaban J connectivity index is 2.15. The van der Waals surface area contributed by atoms with E-state index in [0.717, 1.165) is 13.0 Å². The topological polar surface area (TPSA) is 29.3 Å². The van der Waals surface area contributed by atoms with Crippen molar-refractivity contribution in [2.45, 2.75) is 19.9 Å². The Labute approximate surface area is 106 Å². The van der Waals surface area contributed by atoms with Gasteiger partial charge in [0.2, 0.25) is 5.89 Å². The van der Waals surface area contributed by atoms with Crippen LogP contribution in [0.1, 0.15) is 18.9 Å². The Kier molecular flexibility index (Phi) is 4.10. The van der Waals surface area contributed by atoms with Gasteiger partial charge in [0.25, 0.3) is 0 Å². The molecule has 0 bridgehead atoms. The molecule has 2 aromatic rings. The van der Waals surface area contributed by atoms with Gasteiger partial charge in [-0.1, -0.05) is 13.0 Å². The highest BCUT2D eigenvalue weighted by Gasteiger charge is 2.09. The molecular formula is C14H17FN2O. The third kappa shape index (κ3) is 2.96. The molecule has 1 aromatic carbocycles. The summed E-state index contributed by atoms with van der Waals surface area (Å²) in [6, 6.07) is 5.10. The van der Waals surface area contributed by atoms with Gasteiger partial charge in [0, 0.05) is 17.7 Å². The zero-order valence-corrected chi connectivity index (χ0v) is 10.7. The molecule has 96 valence electrons. The van der Waals surface area contributed by atoms with Crippen LogP contribution in [0.4, 0.5) is 4.39 Å². The molecule has 0 amide bonds. The fraction of sp³-hybridized carbons (Fsp3) is 0.357. The summed E-state index contributed by atoms with van der Waals surface area (Å²) in [5, 5.41) is 0. The lowest BCUT2D eigenvalue weighted by Gasteiger charge is -2.16. The second-order valence-electron chi connectivity index (χ2n) is 4.38. The first-order chi connectivity index (χ1) is 8.70. The van der Waals surface area contributed by atoms with E-state index in [4.69, 9.17) is 4.42 Å². The van der Waals surface area contributed by atoms with Crippen molar-refractivity contribution < 1.29 is 8.81 Å². The summed E-state index contributed by atoms with van der Waals surface area (Å²) < 4.78 is 19.1. The van der Waals surface area contributed by atoms with Gasteiger partial charge >= 0.3 is 0 Å². The maximum absolute atomic E-state index is 13.9. The van der Waals surface area contributed by atoms with Crippen molar-refractivity contribution >= 4 is 0 Å². The first-order valence-electron chi connectivity index (χ1n) is 6.07. The Morgan fingerprint density at radius 3 is 2.83 bits per heavy atom. The maximum Gasteiger partial charge on any atom is 0.225 e. The fourth-order valence-corrected chi connectivity index (χ4v) is 1.93. The number of nitrogens with zero attached hydrogens (tertiary/aromatic N) is 2. The van der Waals surface area contributed by atoms with E-state index < -0.39 is 0 Å². The van der Waals surface area contributed by atoms with E-state index in [9.17, 15) is 4.39 Å². The third-order valence-electron chi connectivity index (χ3n) is 2.78. The number of rotatable bonds is 5. The molecule has 0 spiro atoms. The largest absolute Gasteiger partial charge is 0.445 e. The van der Waals surface area contributed by atoms with Crippen LogP contribution >= 0.6 is 0 Å². The second-order valence-corrected chi connectivity index (χ2v) is 4.38. The molecule has 3 nitrogen and oxygen atoms in total. The predicted molar refractivity (Wildman–Crippen MR) is 68.5 cm³/mol. The van der Waals surface area contributed by atoms with Crippen LogP contribution in [0.3, 0.4) is 0 Å². The van der Waals surface area contributed by atoms with Gasteiger partial charge < -0.3 is 9.32 Å². The first kappa shape index (κ1) is 12.8. The highest BCUT2D eigenvalue weighted by atomic mass is 19.1. The summed E-state index contributed by atoms with van der Waals surface area (Å²) in [6.45, 7) is 3.69. The summed E-state index contributed by atoms with van der Waals surface area (Å²) >= 11 is 0. The Hall–Kier alpha value is -1.68. The minimum Gasteiger partial charge on any atom is -0.445 e. The molecule has 0 aliphatic rings. The molecule has 0 aliphatic heterocycles. The van der Waals surface area contributed by atoms with E-state index in [1.807, 2.05) is 13.1 Å². The average Bonchev–Trinajstić information content (AvgIpc) is 2.85. The van der Waals surface area contributed by atoms with Crippen LogP contribution in [-0.2, 0) is 6.54 Å². The van der Waals surface area contributed by atoms with Crippen molar-refractivity contribution in [3.8, 4) is 11.5 Å². The monoisotopic (exact) mass is 248 g/mol. The summed E-state index contributed by atoms with van der Waals surface area (Å²) in [6.07, 6.45) is 4.10. The van der Waals surface area contributed by atoms with E-state index in [0.29, 0.717) is 23.6 Å². The van der Waals surface area contributed by atoms with Crippen molar-refractivity contribution in [1.29, 1.82) is 0 Å². The maximum atomic E-state index is 13.9. The number of hydrogen-bond donors (Lipinski definition) is 0. The summed E-state index contributed by atoms with van der Waals surface area (Å²) in [5.74, 6) is 0.232. The van der Waals surface area contributed by atoms with Crippen molar-refractivity contribution in [1.82, 2.24) is 9.88 Å². The lowest BCUT2D eigenvalue weighted by Crippen LogP contribution is -2.19. The number of benzene rings is 1. The summed E-state index contributed by atoms with van der Waals surface area (Å²) in [5.41, 5.74) is 1.36. The minimum atomic E-state index is -0.214. The SMILES string of the molecule is CCCN(C)Cc1ccc(-c2ncco2)cc1F. The van der Waals surface area contributed by atoms with Crippen LogP contribution in [0.15, 0.2) is 35.1 Å². The molecule has 1 heterocycles. The van der Waals surface area contributed by atoms with Gasteiger partial charge in [-0.2, -0.15) is 0 Å². The van der Waals surface area contributed by atoms with Crippen LogP contribution in [0.25, 0.3) is 11.5 Å². The second kappa shape index (κ2) is 5.78. The van der Waals surface area contributed by atoms with E-state index in [-0.39, 0.29) is 5.82 Å². The van der Waals surface area contributed by atoms with E-state index in [1.165, 1.54) is 12.3 Å². The van der Waals surface area contributed by atoms with Crippen molar-refractivity contribution in [2.75, 3.05) is 13.6 Å². The number of aromatic nitrogens is 1. The Morgan fingerprint density at radius 1 is 1.39 bits per heavy atom. The quantitative estimate of drug-likeness (QED) is 0.812. The van der Waals surface area contributed by atoms with Gasteiger partial charge in [-0.15, -0.1) is 0 Å². The normalized spacial score (nSPS) is 11.1. The number of hydrogen-bond acceptors (Lipinski definition) is 3. The van der Waals surface area contributed by atoms with Crippen LogP contribution in [0.5, 0.6) is 0 Å². The third-order valence-corrected chi connectivity index (χ3v) is 2.78. The summed E-state index contributed by atoms with van der Waals surface area (Å²) in [7, 11) is 1.99. The molecular weight excluding hydrogens is 231 g/mol. The zero-order chi connectivity index (χ0) is 13.0. The molecule has 2 rings (SSSR count). The first-order valence-corrected chi connectivity index (χ1v) is 6.07. The van der Waals surface area contributed by atoms with Gasteiger partial charge in [0.15, 0.2) is 0 Å². The smallest absolute Gasteiger partial charge is 0.225 e. The molecule has 0 saturated heterocycles. The lowest BCUT2D eigenvalue weighted by atomic mass is 10.1. The molecule has 0 aliphatic carbocycles. The van der Waals surface area contributed by atoms with Crippen LogP contribution < -0.4 is 0 Å². The Morgan fingerprint density at radius 2 is 2.22 bits per heavy atom. The molecule has 0 atom stereocenters. The van der Waals surface area contributed by atoms with Gasteiger partial charge in [0.05, 0.1) is 6.20 Å². The van der Waals surface area contributed by atoms with Gasteiger partial charge in [-0.25, -0.2) is 9.37 Å². The van der Waals surface area contributed by atoms with E-state index in [2.05, 4.69) is 16.8 Å². The van der Waals surface area contributed by atoms with Crippen LogP contribution in [0, 0.1) is 5.82 Å². The highest BCUT2D eigenvalue weighted by Crippen LogP contribution is 2.20. The molecule has 0 saturated carbocycles. The van der Waals surface area contributed by atoms with Crippen molar-refractivity contribution in [3.05, 3.63) is 42.0 Å².